The molecule has 20 heavy (non-hydrogen) atoms. The molecular formula is C14H15ClF3NO. The van der Waals surface area contributed by atoms with E-state index in [1.807, 2.05) is 6.92 Å². The van der Waals surface area contributed by atoms with Crippen molar-refractivity contribution >= 4 is 17.5 Å². The second-order valence-electron chi connectivity index (χ2n) is 4.36. The maximum atomic E-state index is 12.4. The van der Waals surface area contributed by atoms with Gasteiger partial charge in [0.05, 0.1) is 0 Å². The number of aryl methyl sites for hydroxylation is 1. The number of alkyl halides is 3. The van der Waals surface area contributed by atoms with E-state index in [1.165, 1.54) is 6.08 Å². The molecule has 0 heterocycles. The number of carbonyl (C=O) groups is 1. The smallest absolute Gasteiger partial charge is 0.331 e. The lowest BCUT2D eigenvalue weighted by Crippen LogP contribution is -2.42. The summed E-state index contributed by atoms with van der Waals surface area (Å²) in [7, 11) is 0. The van der Waals surface area contributed by atoms with Gasteiger partial charge in [0, 0.05) is 18.1 Å². The van der Waals surface area contributed by atoms with Crippen LogP contribution in [-0.2, 0) is 11.2 Å². The van der Waals surface area contributed by atoms with E-state index in [0.29, 0.717) is 11.4 Å². The monoisotopic (exact) mass is 305 g/mol. The number of carbonyl (C=O) groups excluding carboxylic acids is 1. The fraction of sp³-hybridized carbons (Fsp3) is 0.357. The van der Waals surface area contributed by atoms with Gasteiger partial charge in [0.2, 0.25) is 0 Å². The third-order valence-electron chi connectivity index (χ3n) is 2.83. The molecule has 6 heteroatoms. The number of nitrogens with zero attached hydrogens (tertiary/aromatic N) is 1. The fourth-order valence-corrected chi connectivity index (χ4v) is 2.03. The Morgan fingerprint density at radius 1 is 1.45 bits per heavy atom. The molecular weight excluding hydrogens is 291 g/mol. The maximum Gasteiger partial charge on any atom is 0.471 e. The third-order valence-corrected chi connectivity index (χ3v) is 3.07. The normalized spacial score (nSPS) is 11.2. The minimum atomic E-state index is -4.86. The first-order valence-electron chi connectivity index (χ1n) is 5.97. The predicted octanol–water partition coefficient (Wildman–Crippen LogP) is 3.77. The van der Waals surface area contributed by atoms with E-state index >= 15 is 0 Å². The molecule has 0 fully saturated rings. The molecule has 0 N–H and O–H groups in total. The highest BCUT2D eigenvalue weighted by Gasteiger charge is 2.41. The van der Waals surface area contributed by atoms with Crippen molar-refractivity contribution in [1.82, 2.24) is 4.90 Å². The van der Waals surface area contributed by atoms with Crippen molar-refractivity contribution in [3.63, 3.8) is 0 Å². The van der Waals surface area contributed by atoms with Crippen LogP contribution >= 0.6 is 11.6 Å². The minimum absolute atomic E-state index is 0.0210. The first-order valence-corrected chi connectivity index (χ1v) is 6.35. The molecule has 1 rings (SSSR count). The Labute approximate surface area is 120 Å². The summed E-state index contributed by atoms with van der Waals surface area (Å²) in [4.78, 5) is 12.0. The number of amides is 1. The Kier molecular flexibility index (Phi) is 5.62. The molecule has 0 aliphatic carbocycles. The topological polar surface area (TPSA) is 20.3 Å². The predicted molar refractivity (Wildman–Crippen MR) is 72.7 cm³/mol. The van der Waals surface area contributed by atoms with Crippen molar-refractivity contribution in [2.75, 3.05) is 13.1 Å². The number of hydrogen-bond acceptors (Lipinski definition) is 1. The Hall–Kier alpha value is -1.49. The van der Waals surface area contributed by atoms with Gasteiger partial charge in [0.15, 0.2) is 0 Å². The summed E-state index contributed by atoms with van der Waals surface area (Å²) in [6.07, 6.45) is -3.25. The molecule has 0 aromatic heterocycles. The molecule has 0 spiro atoms. The zero-order chi connectivity index (χ0) is 15.3. The molecule has 1 amide bonds. The van der Waals surface area contributed by atoms with Crippen LogP contribution in [0.3, 0.4) is 0 Å². The second-order valence-corrected chi connectivity index (χ2v) is 4.79. The molecule has 0 radical (unpaired) electrons. The minimum Gasteiger partial charge on any atom is -0.331 e. The van der Waals surface area contributed by atoms with Gasteiger partial charge >= 0.3 is 12.1 Å². The molecule has 0 aliphatic heterocycles. The van der Waals surface area contributed by atoms with Gasteiger partial charge in [-0.3, -0.25) is 4.79 Å². The SMILES string of the molecule is C=CCN(CCc1ccc(Cl)cc1C)C(=O)C(F)(F)F. The Morgan fingerprint density at radius 2 is 2.10 bits per heavy atom. The quantitative estimate of drug-likeness (QED) is 0.758. The molecule has 0 saturated carbocycles. The van der Waals surface area contributed by atoms with E-state index in [2.05, 4.69) is 6.58 Å². The van der Waals surface area contributed by atoms with Crippen molar-refractivity contribution < 1.29 is 18.0 Å². The zero-order valence-corrected chi connectivity index (χ0v) is 11.8. The summed E-state index contributed by atoms with van der Waals surface area (Å²) in [5, 5.41) is 0.570. The van der Waals surface area contributed by atoms with Gasteiger partial charge in [-0.05, 0) is 36.6 Å². The molecule has 110 valence electrons. The van der Waals surface area contributed by atoms with Gasteiger partial charge in [-0.1, -0.05) is 23.7 Å². The van der Waals surface area contributed by atoms with Gasteiger partial charge in [0.1, 0.15) is 0 Å². The largest absolute Gasteiger partial charge is 0.471 e. The van der Waals surface area contributed by atoms with Crippen LogP contribution in [-0.4, -0.2) is 30.1 Å². The molecule has 0 unspecified atom stereocenters. The van der Waals surface area contributed by atoms with Crippen LogP contribution in [0.25, 0.3) is 0 Å². The molecule has 0 atom stereocenters. The molecule has 0 aliphatic rings. The lowest BCUT2D eigenvalue weighted by Gasteiger charge is -2.22. The summed E-state index contributed by atoms with van der Waals surface area (Å²) in [5.41, 5.74) is 1.74. The summed E-state index contributed by atoms with van der Waals surface area (Å²) < 4.78 is 37.3. The highest BCUT2D eigenvalue weighted by molar-refractivity contribution is 6.30. The first kappa shape index (κ1) is 16.6. The van der Waals surface area contributed by atoms with Gasteiger partial charge in [-0.25, -0.2) is 0 Å². The fourth-order valence-electron chi connectivity index (χ4n) is 1.81. The summed E-state index contributed by atoms with van der Waals surface area (Å²) >= 11 is 5.81. The molecule has 0 saturated heterocycles. The van der Waals surface area contributed by atoms with Crippen LogP contribution in [0.1, 0.15) is 11.1 Å². The van der Waals surface area contributed by atoms with Crippen LogP contribution < -0.4 is 0 Å². The third kappa shape index (κ3) is 4.56. The number of benzene rings is 1. The first-order chi connectivity index (χ1) is 9.25. The van der Waals surface area contributed by atoms with Gasteiger partial charge < -0.3 is 4.90 Å². The maximum absolute atomic E-state index is 12.4. The summed E-state index contributed by atoms with van der Waals surface area (Å²) in [6, 6.07) is 5.16. The molecule has 1 aromatic rings. The van der Waals surface area contributed by atoms with E-state index in [9.17, 15) is 18.0 Å². The standard InChI is InChI=1S/C14H15ClF3NO/c1-3-7-19(13(20)14(16,17)18)8-6-11-4-5-12(15)9-10(11)2/h3-5,9H,1,6-8H2,2H3. The van der Waals surface area contributed by atoms with Crippen LogP contribution in [0.4, 0.5) is 13.2 Å². The number of halogens is 4. The number of rotatable bonds is 5. The van der Waals surface area contributed by atoms with Gasteiger partial charge in [0.25, 0.3) is 0 Å². The average molecular weight is 306 g/mol. The summed E-state index contributed by atoms with van der Waals surface area (Å²) in [5.74, 6) is -1.84. The van der Waals surface area contributed by atoms with Crippen molar-refractivity contribution in [2.24, 2.45) is 0 Å². The number of hydrogen-bond donors (Lipinski definition) is 0. The highest BCUT2D eigenvalue weighted by atomic mass is 35.5. The van der Waals surface area contributed by atoms with E-state index < -0.39 is 12.1 Å². The second kappa shape index (κ2) is 6.79. The highest BCUT2D eigenvalue weighted by Crippen LogP contribution is 2.20. The Morgan fingerprint density at radius 3 is 2.60 bits per heavy atom. The van der Waals surface area contributed by atoms with Gasteiger partial charge in [-0.2, -0.15) is 13.2 Å². The van der Waals surface area contributed by atoms with Crippen molar-refractivity contribution in [3.8, 4) is 0 Å². The Bertz CT molecular complexity index is 500. The van der Waals surface area contributed by atoms with Gasteiger partial charge in [-0.15, -0.1) is 6.58 Å². The lowest BCUT2D eigenvalue weighted by molar-refractivity contribution is -0.184. The van der Waals surface area contributed by atoms with Crippen molar-refractivity contribution in [2.45, 2.75) is 19.5 Å². The lowest BCUT2D eigenvalue weighted by atomic mass is 10.1. The molecule has 2 nitrogen and oxygen atoms in total. The van der Waals surface area contributed by atoms with E-state index in [-0.39, 0.29) is 13.1 Å². The van der Waals surface area contributed by atoms with Crippen LogP contribution in [0.5, 0.6) is 0 Å². The van der Waals surface area contributed by atoms with Crippen molar-refractivity contribution in [3.05, 3.63) is 47.0 Å². The van der Waals surface area contributed by atoms with E-state index in [1.54, 1.807) is 18.2 Å². The van der Waals surface area contributed by atoms with Crippen LogP contribution in [0.15, 0.2) is 30.9 Å². The molecule has 0 bridgehead atoms. The zero-order valence-electron chi connectivity index (χ0n) is 11.0. The van der Waals surface area contributed by atoms with E-state index in [0.717, 1.165) is 16.0 Å². The van der Waals surface area contributed by atoms with E-state index in [4.69, 9.17) is 11.6 Å². The van der Waals surface area contributed by atoms with Crippen LogP contribution in [0.2, 0.25) is 5.02 Å². The molecule has 1 aromatic carbocycles. The van der Waals surface area contributed by atoms with Crippen molar-refractivity contribution in [1.29, 1.82) is 0 Å². The Balaban J connectivity index is 2.77. The summed E-state index contributed by atoms with van der Waals surface area (Å²) in [6.45, 7) is 5.04. The van der Waals surface area contributed by atoms with Crippen LogP contribution in [0, 0.1) is 6.92 Å². The average Bonchev–Trinajstić information content (AvgIpc) is 2.34.